The van der Waals surface area contributed by atoms with E-state index in [1.807, 2.05) is 45.0 Å². The van der Waals surface area contributed by atoms with E-state index in [1.54, 1.807) is 13.0 Å². The van der Waals surface area contributed by atoms with E-state index in [4.69, 9.17) is 0 Å². The molecule has 1 heterocycles. The van der Waals surface area contributed by atoms with Crippen molar-refractivity contribution >= 4 is 5.91 Å². The van der Waals surface area contributed by atoms with Gasteiger partial charge in [0.25, 0.3) is 5.56 Å². The van der Waals surface area contributed by atoms with Gasteiger partial charge in [-0.3, -0.25) is 9.59 Å². The fourth-order valence-electron chi connectivity index (χ4n) is 2.14. The zero-order valence-electron chi connectivity index (χ0n) is 14.0. The largest absolute Gasteiger partial charge is 0.354 e. The molecule has 0 saturated carbocycles. The number of hydrogen-bond acceptors (Lipinski definition) is 3. The molecule has 0 bridgehead atoms. The summed E-state index contributed by atoms with van der Waals surface area (Å²) < 4.78 is 1.24. The first kappa shape index (κ1) is 16.9. The van der Waals surface area contributed by atoms with E-state index in [1.165, 1.54) is 10.7 Å². The van der Waals surface area contributed by atoms with Gasteiger partial charge in [-0.15, -0.1) is 0 Å². The second-order valence-corrected chi connectivity index (χ2v) is 6.18. The number of amides is 1. The third-order valence-corrected chi connectivity index (χ3v) is 3.60. The Morgan fingerprint density at radius 1 is 1.13 bits per heavy atom. The minimum atomic E-state index is -0.647. The highest BCUT2D eigenvalue weighted by Gasteiger charge is 2.18. The molecule has 0 spiro atoms. The maximum Gasteiger partial charge on any atom is 0.267 e. The molecule has 0 fully saturated rings. The van der Waals surface area contributed by atoms with Gasteiger partial charge >= 0.3 is 0 Å². The normalized spacial score (nSPS) is 12.2. The number of aromatic nitrogens is 2. The predicted octanol–water partition coefficient (Wildman–Crippen LogP) is 2.55. The number of benzene rings is 1. The molecule has 5 nitrogen and oxygen atoms in total. The topological polar surface area (TPSA) is 64.0 Å². The predicted molar refractivity (Wildman–Crippen MR) is 91.2 cm³/mol. The van der Waals surface area contributed by atoms with Crippen LogP contribution < -0.4 is 10.9 Å². The van der Waals surface area contributed by atoms with E-state index < -0.39 is 6.04 Å². The zero-order chi connectivity index (χ0) is 17.0. The van der Waals surface area contributed by atoms with Crippen LogP contribution in [0.2, 0.25) is 0 Å². The lowest BCUT2D eigenvalue weighted by molar-refractivity contribution is -0.124. The number of aryl methyl sites for hydroxylation is 1. The number of rotatable bonds is 5. The lowest BCUT2D eigenvalue weighted by atomic mass is 10.1. The first-order valence-electron chi connectivity index (χ1n) is 7.83. The second kappa shape index (κ2) is 7.22. The zero-order valence-corrected chi connectivity index (χ0v) is 14.0. The van der Waals surface area contributed by atoms with E-state index >= 15 is 0 Å². The van der Waals surface area contributed by atoms with E-state index in [9.17, 15) is 9.59 Å². The SMILES string of the molecule is Cc1ccc(-c2ccc(=O)n(C(C)C(=O)NCC(C)C)n2)cc1. The summed E-state index contributed by atoms with van der Waals surface area (Å²) in [6.07, 6.45) is 0. The van der Waals surface area contributed by atoms with Gasteiger partial charge in [-0.05, 0) is 25.8 Å². The van der Waals surface area contributed by atoms with Gasteiger partial charge in [-0.1, -0.05) is 43.7 Å². The van der Waals surface area contributed by atoms with Gasteiger partial charge in [-0.25, -0.2) is 4.68 Å². The van der Waals surface area contributed by atoms with Crippen LogP contribution in [0.3, 0.4) is 0 Å². The summed E-state index contributed by atoms with van der Waals surface area (Å²) in [7, 11) is 0. The lowest BCUT2D eigenvalue weighted by Crippen LogP contribution is -2.38. The molecule has 1 atom stereocenters. The quantitative estimate of drug-likeness (QED) is 0.922. The molecule has 2 aromatic rings. The first-order valence-corrected chi connectivity index (χ1v) is 7.83. The summed E-state index contributed by atoms with van der Waals surface area (Å²) in [6, 6.07) is 10.4. The van der Waals surface area contributed by atoms with E-state index in [0.29, 0.717) is 18.2 Å². The van der Waals surface area contributed by atoms with Crippen LogP contribution in [-0.2, 0) is 4.79 Å². The molecule has 1 aromatic carbocycles. The molecular formula is C18H23N3O2. The van der Waals surface area contributed by atoms with Gasteiger partial charge in [0.2, 0.25) is 5.91 Å². The van der Waals surface area contributed by atoms with E-state index in [2.05, 4.69) is 10.4 Å². The monoisotopic (exact) mass is 313 g/mol. The maximum atomic E-state index is 12.2. The van der Waals surface area contributed by atoms with Gasteiger partial charge in [0, 0.05) is 18.2 Å². The highest BCUT2D eigenvalue weighted by molar-refractivity contribution is 5.79. The molecule has 0 radical (unpaired) electrons. The average Bonchev–Trinajstić information content (AvgIpc) is 2.53. The van der Waals surface area contributed by atoms with Crippen LogP contribution in [-0.4, -0.2) is 22.2 Å². The standard InChI is InChI=1S/C18H23N3O2/c1-12(2)11-19-18(23)14(4)21-17(22)10-9-16(20-21)15-7-5-13(3)6-8-15/h5-10,12,14H,11H2,1-4H3,(H,19,23). The van der Waals surface area contributed by atoms with Crippen LogP contribution in [0.4, 0.5) is 0 Å². The minimum absolute atomic E-state index is 0.200. The number of nitrogens with zero attached hydrogens (tertiary/aromatic N) is 2. The Labute approximate surface area is 136 Å². The van der Waals surface area contributed by atoms with Crippen molar-refractivity contribution in [2.45, 2.75) is 33.7 Å². The van der Waals surface area contributed by atoms with Crippen LogP contribution in [0, 0.1) is 12.8 Å². The molecule has 0 aliphatic heterocycles. The van der Waals surface area contributed by atoms with Crippen molar-refractivity contribution in [1.29, 1.82) is 0 Å². The molecule has 0 aliphatic carbocycles. The molecular weight excluding hydrogens is 290 g/mol. The van der Waals surface area contributed by atoms with Crippen LogP contribution in [0.5, 0.6) is 0 Å². The molecule has 1 unspecified atom stereocenters. The molecule has 0 aliphatic rings. The molecule has 1 aromatic heterocycles. The van der Waals surface area contributed by atoms with Crippen LogP contribution >= 0.6 is 0 Å². The molecule has 1 N–H and O–H groups in total. The number of carbonyl (C=O) groups is 1. The minimum Gasteiger partial charge on any atom is -0.354 e. The van der Waals surface area contributed by atoms with E-state index in [0.717, 1.165) is 11.1 Å². The Morgan fingerprint density at radius 2 is 1.78 bits per heavy atom. The summed E-state index contributed by atoms with van der Waals surface area (Å²) in [5.41, 5.74) is 2.46. The van der Waals surface area contributed by atoms with Crippen LogP contribution in [0.15, 0.2) is 41.2 Å². The number of nitrogens with one attached hydrogen (secondary N) is 1. The Hall–Kier alpha value is -2.43. The lowest BCUT2D eigenvalue weighted by Gasteiger charge is -2.16. The molecule has 1 amide bonds. The maximum absolute atomic E-state index is 12.2. The van der Waals surface area contributed by atoms with Crippen molar-refractivity contribution in [3.63, 3.8) is 0 Å². The van der Waals surface area contributed by atoms with E-state index in [-0.39, 0.29) is 11.5 Å². The fraction of sp³-hybridized carbons (Fsp3) is 0.389. The van der Waals surface area contributed by atoms with Gasteiger partial charge in [0.1, 0.15) is 6.04 Å². The third-order valence-electron chi connectivity index (χ3n) is 3.60. The van der Waals surface area contributed by atoms with Crippen LogP contribution in [0.25, 0.3) is 11.3 Å². The molecule has 2 rings (SSSR count). The Kier molecular flexibility index (Phi) is 5.32. The van der Waals surface area contributed by atoms with Crippen molar-refractivity contribution < 1.29 is 4.79 Å². The molecule has 122 valence electrons. The smallest absolute Gasteiger partial charge is 0.267 e. The van der Waals surface area contributed by atoms with Crippen molar-refractivity contribution in [1.82, 2.24) is 15.1 Å². The van der Waals surface area contributed by atoms with Gasteiger partial charge < -0.3 is 5.32 Å². The summed E-state index contributed by atoms with van der Waals surface area (Å²) in [5, 5.41) is 7.20. The summed E-state index contributed by atoms with van der Waals surface area (Å²) in [6.45, 7) is 8.32. The van der Waals surface area contributed by atoms with Crippen molar-refractivity contribution in [3.8, 4) is 11.3 Å². The highest BCUT2D eigenvalue weighted by Crippen LogP contribution is 2.16. The van der Waals surface area contributed by atoms with Crippen molar-refractivity contribution in [2.24, 2.45) is 5.92 Å². The Morgan fingerprint density at radius 3 is 2.39 bits per heavy atom. The summed E-state index contributed by atoms with van der Waals surface area (Å²) in [4.78, 5) is 24.2. The average molecular weight is 313 g/mol. The third kappa shape index (κ3) is 4.28. The summed E-state index contributed by atoms with van der Waals surface area (Å²) >= 11 is 0. The van der Waals surface area contributed by atoms with Gasteiger partial charge in [0.15, 0.2) is 0 Å². The van der Waals surface area contributed by atoms with Crippen molar-refractivity contribution in [3.05, 3.63) is 52.3 Å². The second-order valence-electron chi connectivity index (χ2n) is 6.18. The van der Waals surface area contributed by atoms with Crippen molar-refractivity contribution in [2.75, 3.05) is 6.54 Å². The Bertz CT molecular complexity index is 733. The first-order chi connectivity index (χ1) is 10.9. The summed E-state index contributed by atoms with van der Waals surface area (Å²) in [5.74, 6) is 0.157. The van der Waals surface area contributed by atoms with Crippen LogP contribution in [0.1, 0.15) is 32.4 Å². The molecule has 23 heavy (non-hydrogen) atoms. The van der Waals surface area contributed by atoms with Gasteiger partial charge in [0.05, 0.1) is 5.69 Å². The van der Waals surface area contributed by atoms with Gasteiger partial charge in [-0.2, -0.15) is 5.10 Å². The number of carbonyl (C=O) groups excluding carboxylic acids is 1. The highest BCUT2D eigenvalue weighted by atomic mass is 16.2. The molecule has 0 saturated heterocycles. The fourth-order valence-corrected chi connectivity index (χ4v) is 2.14. The Balaban J connectivity index is 2.28. The number of hydrogen-bond donors (Lipinski definition) is 1. The molecule has 5 heteroatoms.